The third-order valence-corrected chi connectivity index (χ3v) is 5.05. The van der Waals surface area contributed by atoms with E-state index in [9.17, 15) is 8.42 Å². The standard InChI is InChI=1S/C11H26N2O2S2/c1-4-7-12-8-5-6-11-17(14,15)13(2)9-10-16-3/h12H,4-11H2,1-3H3. The summed E-state index contributed by atoms with van der Waals surface area (Å²) in [5.74, 6) is 1.12. The third kappa shape index (κ3) is 8.88. The molecule has 1 N–H and O–H groups in total. The van der Waals surface area contributed by atoms with E-state index in [-0.39, 0.29) is 5.75 Å². The largest absolute Gasteiger partial charge is 0.317 e. The van der Waals surface area contributed by atoms with Crippen molar-refractivity contribution in [2.75, 3.05) is 44.4 Å². The van der Waals surface area contributed by atoms with Crippen LogP contribution in [0.3, 0.4) is 0 Å². The Morgan fingerprint density at radius 3 is 2.53 bits per heavy atom. The summed E-state index contributed by atoms with van der Waals surface area (Å²) in [6.45, 7) is 4.66. The number of nitrogens with zero attached hydrogens (tertiary/aromatic N) is 1. The number of rotatable bonds is 11. The van der Waals surface area contributed by atoms with Gasteiger partial charge in [0, 0.05) is 19.3 Å². The molecule has 0 saturated heterocycles. The average molecular weight is 282 g/mol. The monoisotopic (exact) mass is 282 g/mol. The molecule has 0 amide bonds. The highest BCUT2D eigenvalue weighted by Gasteiger charge is 2.16. The van der Waals surface area contributed by atoms with Crippen molar-refractivity contribution in [2.45, 2.75) is 26.2 Å². The SMILES string of the molecule is CCCNCCCCS(=O)(=O)N(C)CCSC. The van der Waals surface area contributed by atoms with E-state index < -0.39 is 10.0 Å². The van der Waals surface area contributed by atoms with Crippen molar-refractivity contribution in [1.29, 1.82) is 0 Å². The third-order valence-electron chi connectivity index (χ3n) is 2.52. The van der Waals surface area contributed by atoms with Gasteiger partial charge in [0.2, 0.25) is 10.0 Å². The zero-order chi connectivity index (χ0) is 13.1. The van der Waals surface area contributed by atoms with E-state index in [0.717, 1.165) is 38.1 Å². The Morgan fingerprint density at radius 1 is 1.24 bits per heavy atom. The Balaban J connectivity index is 3.70. The molecule has 0 atom stereocenters. The van der Waals surface area contributed by atoms with Crippen LogP contribution in [0.2, 0.25) is 0 Å². The highest BCUT2D eigenvalue weighted by Crippen LogP contribution is 2.04. The van der Waals surface area contributed by atoms with Crippen LogP contribution < -0.4 is 5.32 Å². The lowest BCUT2D eigenvalue weighted by molar-refractivity contribution is 0.485. The average Bonchev–Trinajstić information content (AvgIpc) is 2.30. The van der Waals surface area contributed by atoms with E-state index >= 15 is 0 Å². The van der Waals surface area contributed by atoms with E-state index in [1.54, 1.807) is 18.8 Å². The lowest BCUT2D eigenvalue weighted by Crippen LogP contribution is -2.31. The molecule has 0 aliphatic heterocycles. The zero-order valence-corrected chi connectivity index (χ0v) is 12.9. The molecule has 0 heterocycles. The van der Waals surface area contributed by atoms with Crippen molar-refractivity contribution in [2.24, 2.45) is 0 Å². The summed E-state index contributed by atoms with van der Waals surface area (Å²) >= 11 is 1.67. The number of hydrogen-bond acceptors (Lipinski definition) is 4. The van der Waals surface area contributed by atoms with Gasteiger partial charge in [-0.25, -0.2) is 12.7 Å². The fourth-order valence-electron chi connectivity index (χ4n) is 1.35. The van der Waals surface area contributed by atoms with Gasteiger partial charge < -0.3 is 5.32 Å². The Kier molecular flexibility index (Phi) is 10.3. The van der Waals surface area contributed by atoms with Gasteiger partial charge in [-0.2, -0.15) is 11.8 Å². The van der Waals surface area contributed by atoms with Crippen molar-refractivity contribution < 1.29 is 8.42 Å². The van der Waals surface area contributed by atoms with E-state index in [2.05, 4.69) is 12.2 Å². The molecule has 0 unspecified atom stereocenters. The van der Waals surface area contributed by atoms with E-state index in [1.165, 1.54) is 4.31 Å². The van der Waals surface area contributed by atoms with E-state index in [1.807, 2.05) is 6.26 Å². The van der Waals surface area contributed by atoms with Gasteiger partial charge in [-0.15, -0.1) is 0 Å². The lowest BCUT2D eigenvalue weighted by Gasteiger charge is -2.16. The van der Waals surface area contributed by atoms with Gasteiger partial charge >= 0.3 is 0 Å². The van der Waals surface area contributed by atoms with Crippen molar-refractivity contribution in [1.82, 2.24) is 9.62 Å². The lowest BCUT2D eigenvalue weighted by atomic mass is 10.3. The Bertz CT molecular complexity index is 269. The van der Waals surface area contributed by atoms with Gasteiger partial charge in [-0.1, -0.05) is 6.92 Å². The first-order valence-electron chi connectivity index (χ1n) is 6.18. The van der Waals surface area contributed by atoms with Crippen LogP contribution in [0.1, 0.15) is 26.2 Å². The fourth-order valence-corrected chi connectivity index (χ4v) is 3.17. The normalized spacial score (nSPS) is 12.2. The second-order valence-electron chi connectivity index (χ2n) is 4.09. The van der Waals surface area contributed by atoms with Gasteiger partial charge in [0.25, 0.3) is 0 Å². The minimum absolute atomic E-state index is 0.270. The van der Waals surface area contributed by atoms with Gasteiger partial charge in [-0.05, 0) is 38.6 Å². The topological polar surface area (TPSA) is 49.4 Å². The van der Waals surface area contributed by atoms with Gasteiger partial charge in [0.15, 0.2) is 0 Å². The second-order valence-corrected chi connectivity index (χ2v) is 7.27. The van der Waals surface area contributed by atoms with Crippen LogP contribution in [-0.2, 0) is 10.0 Å². The maximum Gasteiger partial charge on any atom is 0.213 e. The minimum Gasteiger partial charge on any atom is -0.317 e. The molecule has 17 heavy (non-hydrogen) atoms. The molecule has 0 saturated carbocycles. The molecule has 0 bridgehead atoms. The maximum atomic E-state index is 11.8. The van der Waals surface area contributed by atoms with Crippen LogP contribution in [0.5, 0.6) is 0 Å². The molecule has 0 aromatic rings. The smallest absolute Gasteiger partial charge is 0.213 e. The molecule has 4 nitrogen and oxygen atoms in total. The molecule has 0 aliphatic carbocycles. The van der Waals surface area contributed by atoms with Gasteiger partial charge in [0.05, 0.1) is 5.75 Å². The molecule has 0 fully saturated rings. The van der Waals surface area contributed by atoms with Crippen molar-refractivity contribution in [3.63, 3.8) is 0 Å². The van der Waals surface area contributed by atoms with Crippen LogP contribution >= 0.6 is 11.8 Å². The predicted octanol–water partition coefficient (Wildman–Crippen LogP) is 1.39. The molecular weight excluding hydrogens is 256 g/mol. The fraction of sp³-hybridized carbons (Fsp3) is 1.00. The molecule has 0 aromatic carbocycles. The molecule has 0 radical (unpaired) electrons. The van der Waals surface area contributed by atoms with Gasteiger partial charge in [0.1, 0.15) is 0 Å². The number of hydrogen-bond donors (Lipinski definition) is 1. The number of unbranched alkanes of at least 4 members (excludes halogenated alkanes) is 1. The predicted molar refractivity (Wildman–Crippen MR) is 77.2 cm³/mol. The summed E-state index contributed by atoms with van der Waals surface area (Å²) in [7, 11) is -1.37. The molecule has 0 aromatic heterocycles. The highest BCUT2D eigenvalue weighted by atomic mass is 32.2. The Hall–Kier alpha value is 0.220. The van der Waals surface area contributed by atoms with E-state index in [0.29, 0.717) is 6.54 Å². The molecule has 0 rings (SSSR count). The first-order chi connectivity index (χ1) is 8.04. The second kappa shape index (κ2) is 10.2. The quantitative estimate of drug-likeness (QED) is 0.582. The molecular formula is C11H26N2O2S2. The summed E-state index contributed by atoms with van der Waals surface area (Å²) in [5.41, 5.74) is 0. The zero-order valence-electron chi connectivity index (χ0n) is 11.2. The van der Waals surface area contributed by atoms with Crippen LogP contribution in [0.25, 0.3) is 0 Å². The Morgan fingerprint density at radius 2 is 1.94 bits per heavy atom. The summed E-state index contributed by atoms with van der Waals surface area (Å²) in [6, 6.07) is 0. The van der Waals surface area contributed by atoms with Crippen molar-refractivity contribution >= 4 is 21.8 Å². The van der Waals surface area contributed by atoms with Crippen LogP contribution in [0.4, 0.5) is 0 Å². The summed E-state index contributed by atoms with van der Waals surface area (Å²) in [5, 5.41) is 3.27. The molecule has 6 heteroatoms. The number of nitrogens with one attached hydrogen (secondary N) is 1. The first kappa shape index (κ1) is 17.2. The van der Waals surface area contributed by atoms with Crippen LogP contribution in [0, 0.1) is 0 Å². The van der Waals surface area contributed by atoms with Crippen molar-refractivity contribution in [3.05, 3.63) is 0 Å². The van der Waals surface area contributed by atoms with Crippen molar-refractivity contribution in [3.8, 4) is 0 Å². The first-order valence-corrected chi connectivity index (χ1v) is 9.18. The van der Waals surface area contributed by atoms with Crippen LogP contribution in [0.15, 0.2) is 0 Å². The summed E-state index contributed by atoms with van der Waals surface area (Å²) in [4.78, 5) is 0. The van der Waals surface area contributed by atoms with E-state index in [4.69, 9.17) is 0 Å². The summed E-state index contributed by atoms with van der Waals surface area (Å²) < 4.78 is 25.1. The highest BCUT2D eigenvalue weighted by molar-refractivity contribution is 7.98. The minimum atomic E-state index is -3.03. The summed E-state index contributed by atoms with van der Waals surface area (Å²) in [6.07, 6.45) is 4.77. The molecule has 104 valence electrons. The number of thioether (sulfide) groups is 1. The molecule has 0 aliphatic rings. The number of sulfonamides is 1. The van der Waals surface area contributed by atoms with Crippen LogP contribution in [-0.4, -0.2) is 57.2 Å². The maximum absolute atomic E-state index is 11.8. The Labute approximate surface area is 111 Å². The van der Waals surface area contributed by atoms with Gasteiger partial charge in [-0.3, -0.25) is 0 Å². The molecule has 0 spiro atoms.